The van der Waals surface area contributed by atoms with E-state index in [0.29, 0.717) is 11.4 Å². The molecule has 4 N–H and O–H groups in total. The molecule has 0 atom stereocenters. The van der Waals surface area contributed by atoms with Crippen molar-refractivity contribution < 1.29 is 14.3 Å². The zero-order chi connectivity index (χ0) is 17.5. The number of halogens is 2. The molecule has 2 amide bonds. The lowest BCUT2D eigenvalue weighted by Gasteiger charge is -2.10. The van der Waals surface area contributed by atoms with Crippen molar-refractivity contribution >= 4 is 46.4 Å². The van der Waals surface area contributed by atoms with E-state index in [1.807, 2.05) is 6.07 Å². The van der Waals surface area contributed by atoms with Crippen molar-refractivity contribution in [3.05, 3.63) is 52.5 Å². The van der Waals surface area contributed by atoms with Crippen LogP contribution in [0.15, 0.2) is 42.5 Å². The second-order valence-corrected chi connectivity index (χ2v) is 5.59. The Labute approximate surface area is 148 Å². The van der Waals surface area contributed by atoms with Gasteiger partial charge in [0.2, 0.25) is 5.91 Å². The summed E-state index contributed by atoms with van der Waals surface area (Å²) in [6, 6.07) is 11.8. The fraction of sp³-hybridized carbons (Fsp3) is 0.125. The second kappa shape index (κ2) is 8.42. The maximum Gasteiger partial charge on any atom is 0.258 e. The van der Waals surface area contributed by atoms with Gasteiger partial charge < -0.3 is 21.1 Å². The molecule has 2 aromatic carbocycles. The third kappa shape index (κ3) is 5.33. The normalized spacial score (nSPS) is 10.1. The van der Waals surface area contributed by atoms with Gasteiger partial charge in [-0.1, -0.05) is 41.4 Å². The zero-order valence-corrected chi connectivity index (χ0v) is 14.0. The molecule has 0 spiro atoms. The molecule has 0 unspecified atom stereocenters. The van der Waals surface area contributed by atoms with Crippen molar-refractivity contribution in [3.63, 3.8) is 0 Å². The number of nitrogen functional groups attached to an aromatic ring is 1. The molecular weight excluding hydrogens is 353 g/mol. The standard InChI is InChI=1S/C16H15Cl2N3O3/c17-12-6-10(7-13(18)16(12)19)21-14(22)8-20-15(23)9-24-11-4-2-1-3-5-11/h1-7H,8-9,19H2,(H,20,23)(H,21,22). The van der Waals surface area contributed by atoms with Crippen molar-refractivity contribution in [2.75, 3.05) is 24.2 Å². The van der Waals surface area contributed by atoms with E-state index in [1.165, 1.54) is 12.1 Å². The fourth-order valence-corrected chi connectivity index (χ4v) is 2.24. The van der Waals surface area contributed by atoms with Gasteiger partial charge in [-0.2, -0.15) is 0 Å². The maximum absolute atomic E-state index is 11.8. The number of amides is 2. The van der Waals surface area contributed by atoms with Gasteiger partial charge in [0, 0.05) is 5.69 Å². The second-order valence-electron chi connectivity index (χ2n) is 4.78. The lowest BCUT2D eigenvalue weighted by atomic mass is 10.3. The SMILES string of the molecule is Nc1c(Cl)cc(NC(=O)CNC(=O)COc2ccccc2)cc1Cl. The van der Waals surface area contributed by atoms with Crippen molar-refractivity contribution in [3.8, 4) is 5.75 Å². The number of rotatable bonds is 6. The van der Waals surface area contributed by atoms with Gasteiger partial charge >= 0.3 is 0 Å². The molecular formula is C16H15Cl2N3O3. The molecule has 6 nitrogen and oxygen atoms in total. The van der Waals surface area contributed by atoms with Crippen LogP contribution in [-0.2, 0) is 9.59 Å². The summed E-state index contributed by atoms with van der Waals surface area (Å²) in [6.07, 6.45) is 0. The molecule has 0 aromatic heterocycles. The minimum atomic E-state index is -0.431. The average molecular weight is 368 g/mol. The Morgan fingerprint density at radius 3 is 2.29 bits per heavy atom. The van der Waals surface area contributed by atoms with Crippen LogP contribution in [0.4, 0.5) is 11.4 Å². The third-order valence-corrected chi connectivity index (χ3v) is 3.55. The number of benzene rings is 2. The molecule has 0 aliphatic carbocycles. The average Bonchev–Trinajstić information content (AvgIpc) is 2.57. The largest absolute Gasteiger partial charge is 0.484 e. The van der Waals surface area contributed by atoms with Gasteiger partial charge in [-0.3, -0.25) is 9.59 Å². The highest BCUT2D eigenvalue weighted by Crippen LogP contribution is 2.30. The van der Waals surface area contributed by atoms with Gasteiger partial charge in [0.15, 0.2) is 6.61 Å². The van der Waals surface area contributed by atoms with Crippen LogP contribution in [0.3, 0.4) is 0 Å². The van der Waals surface area contributed by atoms with E-state index in [1.54, 1.807) is 24.3 Å². The van der Waals surface area contributed by atoms with Crippen LogP contribution in [0.1, 0.15) is 0 Å². The fourth-order valence-electron chi connectivity index (χ4n) is 1.76. The summed E-state index contributed by atoms with van der Waals surface area (Å²) in [5.74, 6) is -0.273. The molecule has 0 aliphatic heterocycles. The number of hydrogen-bond donors (Lipinski definition) is 3. The van der Waals surface area contributed by atoms with Crippen molar-refractivity contribution in [2.45, 2.75) is 0 Å². The van der Waals surface area contributed by atoms with E-state index >= 15 is 0 Å². The molecule has 0 aliphatic rings. The van der Waals surface area contributed by atoms with Crippen LogP contribution < -0.4 is 21.1 Å². The van der Waals surface area contributed by atoms with E-state index in [0.717, 1.165) is 0 Å². The predicted octanol–water partition coefficient (Wildman–Crippen LogP) is 2.71. The summed E-state index contributed by atoms with van der Waals surface area (Å²) < 4.78 is 5.27. The maximum atomic E-state index is 11.8. The number of para-hydroxylation sites is 1. The van der Waals surface area contributed by atoms with Crippen LogP contribution in [-0.4, -0.2) is 25.0 Å². The number of carbonyl (C=O) groups excluding carboxylic acids is 2. The monoisotopic (exact) mass is 367 g/mol. The summed E-state index contributed by atoms with van der Waals surface area (Å²) >= 11 is 11.8. The molecule has 8 heteroatoms. The minimum absolute atomic E-state index is 0.184. The summed E-state index contributed by atoms with van der Waals surface area (Å²) in [4.78, 5) is 23.5. The summed E-state index contributed by atoms with van der Waals surface area (Å²) in [5.41, 5.74) is 6.24. The Morgan fingerprint density at radius 2 is 1.67 bits per heavy atom. The molecule has 0 heterocycles. The highest BCUT2D eigenvalue weighted by atomic mass is 35.5. The first kappa shape index (κ1) is 17.9. The van der Waals surface area contributed by atoms with Crippen LogP contribution in [0.2, 0.25) is 10.0 Å². The van der Waals surface area contributed by atoms with Crippen LogP contribution in [0.5, 0.6) is 5.75 Å². The zero-order valence-electron chi connectivity index (χ0n) is 12.5. The van der Waals surface area contributed by atoms with E-state index in [4.69, 9.17) is 33.7 Å². The summed E-state index contributed by atoms with van der Waals surface area (Å²) in [5, 5.41) is 5.48. The van der Waals surface area contributed by atoms with Crippen LogP contribution in [0, 0.1) is 0 Å². The molecule has 126 valence electrons. The molecule has 0 bridgehead atoms. The van der Waals surface area contributed by atoms with Crippen molar-refractivity contribution in [1.82, 2.24) is 5.32 Å². The lowest BCUT2D eigenvalue weighted by molar-refractivity contribution is -0.125. The Morgan fingerprint density at radius 1 is 1.04 bits per heavy atom. The molecule has 24 heavy (non-hydrogen) atoms. The van der Waals surface area contributed by atoms with Gasteiger partial charge in [-0.05, 0) is 24.3 Å². The first-order valence-corrected chi connectivity index (χ1v) is 7.70. The quantitative estimate of drug-likeness (QED) is 0.684. The Hall–Kier alpha value is -2.44. The molecule has 0 fully saturated rings. The lowest BCUT2D eigenvalue weighted by Crippen LogP contribution is -2.35. The summed E-state index contributed by atoms with van der Waals surface area (Å²) in [6.45, 7) is -0.395. The van der Waals surface area contributed by atoms with Gasteiger partial charge in [-0.25, -0.2) is 0 Å². The first-order chi connectivity index (χ1) is 11.5. The molecule has 0 radical (unpaired) electrons. The van der Waals surface area contributed by atoms with Crippen molar-refractivity contribution in [1.29, 1.82) is 0 Å². The molecule has 0 saturated heterocycles. The van der Waals surface area contributed by atoms with Gasteiger partial charge in [0.05, 0.1) is 22.3 Å². The number of carbonyl (C=O) groups is 2. The summed E-state index contributed by atoms with van der Waals surface area (Å²) in [7, 11) is 0. The van der Waals surface area contributed by atoms with Crippen molar-refractivity contribution in [2.24, 2.45) is 0 Å². The molecule has 2 rings (SSSR count). The van der Waals surface area contributed by atoms with E-state index in [2.05, 4.69) is 10.6 Å². The third-order valence-electron chi connectivity index (χ3n) is 2.92. The Kier molecular flexibility index (Phi) is 6.28. The highest BCUT2D eigenvalue weighted by Gasteiger charge is 2.09. The van der Waals surface area contributed by atoms with E-state index < -0.39 is 11.8 Å². The van der Waals surface area contributed by atoms with E-state index in [-0.39, 0.29) is 28.9 Å². The number of hydrogen-bond acceptors (Lipinski definition) is 4. The predicted molar refractivity (Wildman–Crippen MR) is 94.5 cm³/mol. The van der Waals surface area contributed by atoms with Gasteiger partial charge in [0.25, 0.3) is 5.91 Å². The number of ether oxygens (including phenoxy) is 1. The smallest absolute Gasteiger partial charge is 0.258 e. The molecule has 2 aromatic rings. The van der Waals surface area contributed by atoms with Gasteiger partial charge in [0.1, 0.15) is 5.75 Å². The number of nitrogens with two attached hydrogens (primary N) is 1. The first-order valence-electron chi connectivity index (χ1n) is 6.94. The number of anilines is 2. The van der Waals surface area contributed by atoms with Crippen LogP contribution >= 0.6 is 23.2 Å². The Balaban J connectivity index is 1.77. The van der Waals surface area contributed by atoms with Crippen LogP contribution in [0.25, 0.3) is 0 Å². The highest BCUT2D eigenvalue weighted by molar-refractivity contribution is 6.39. The van der Waals surface area contributed by atoms with Gasteiger partial charge in [-0.15, -0.1) is 0 Å². The van der Waals surface area contributed by atoms with E-state index in [9.17, 15) is 9.59 Å². The number of nitrogens with one attached hydrogen (secondary N) is 2. The molecule has 0 saturated carbocycles. The minimum Gasteiger partial charge on any atom is -0.484 e. The Bertz CT molecular complexity index is 716. The topological polar surface area (TPSA) is 93.5 Å².